The Morgan fingerprint density at radius 1 is 1.47 bits per heavy atom. The predicted molar refractivity (Wildman–Crippen MR) is 60.2 cm³/mol. The Hall–Kier alpha value is -0.830. The standard InChI is InChI=1S/C12H20NO2/c1-9(11(14)15)8-12(2,13)10-6-4-3-5-7-10/h8,10H,2-7,13H2,1H3,(H,14,15). The molecule has 1 atom stereocenters. The summed E-state index contributed by atoms with van der Waals surface area (Å²) in [5.41, 5.74) is 5.65. The minimum Gasteiger partial charge on any atom is -0.478 e. The van der Waals surface area contributed by atoms with Gasteiger partial charge in [-0.2, -0.15) is 0 Å². The van der Waals surface area contributed by atoms with E-state index >= 15 is 0 Å². The molecule has 1 rings (SSSR count). The van der Waals surface area contributed by atoms with E-state index in [1.54, 1.807) is 13.0 Å². The topological polar surface area (TPSA) is 63.3 Å². The molecule has 1 aliphatic carbocycles. The van der Waals surface area contributed by atoms with E-state index < -0.39 is 11.5 Å². The van der Waals surface area contributed by atoms with E-state index in [0.717, 1.165) is 12.8 Å². The molecule has 3 nitrogen and oxygen atoms in total. The minimum absolute atomic E-state index is 0.290. The first-order valence-corrected chi connectivity index (χ1v) is 5.50. The lowest BCUT2D eigenvalue weighted by atomic mass is 9.75. The van der Waals surface area contributed by atoms with Gasteiger partial charge in [0.15, 0.2) is 0 Å². The van der Waals surface area contributed by atoms with E-state index in [0.29, 0.717) is 5.92 Å². The quantitative estimate of drug-likeness (QED) is 0.701. The molecule has 3 heteroatoms. The lowest BCUT2D eigenvalue weighted by molar-refractivity contribution is -0.132. The maximum Gasteiger partial charge on any atom is 0.331 e. The first-order chi connectivity index (χ1) is 6.93. The highest BCUT2D eigenvalue weighted by molar-refractivity contribution is 5.86. The Labute approximate surface area is 91.4 Å². The van der Waals surface area contributed by atoms with Gasteiger partial charge in [0, 0.05) is 11.1 Å². The van der Waals surface area contributed by atoms with Gasteiger partial charge in [-0.1, -0.05) is 25.3 Å². The molecule has 0 aromatic carbocycles. The Morgan fingerprint density at radius 2 is 2.00 bits per heavy atom. The van der Waals surface area contributed by atoms with E-state index in [1.165, 1.54) is 19.3 Å². The predicted octanol–water partition coefficient (Wildman–Crippen LogP) is 2.13. The fraction of sp³-hybridized carbons (Fsp3) is 0.667. The van der Waals surface area contributed by atoms with Crippen LogP contribution in [0.3, 0.4) is 0 Å². The first kappa shape index (κ1) is 12.2. The van der Waals surface area contributed by atoms with Gasteiger partial charge in [0.05, 0.1) is 0 Å². The number of carboxylic acids is 1. The van der Waals surface area contributed by atoms with E-state index in [9.17, 15) is 4.79 Å². The minimum atomic E-state index is -0.913. The van der Waals surface area contributed by atoms with Crippen LogP contribution in [0.4, 0.5) is 0 Å². The molecule has 1 aliphatic rings. The molecule has 0 aromatic rings. The van der Waals surface area contributed by atoms with Crippen LogP contribution in [0.5, 0.6) is 0 Å². The Morgan fingerprint density at radius 3 is 2.47 bits per heavy atom. The lowest BCUT2D eigenvalue weighted by Gasteiger charge is -2.34. The average Bonchev–Trinajstić information content (AvgIpc) is 2.18. The first-order valence-electron chi connectivity index (χ1n) is 5.50. The largest absolute Gasteiger partial charge is 0.478 e. The maximum absolute atomic E-state index is 10.7. The van der Waals surface area contributed by atoms with Gasteiger partial charge >= 0.3 is 5.97 Å². The molecule has 1 saturated carbocycles. The third-order valence-electron chi connectivity index (χ3n) is 3.19. The smallest absolute Gasteiger partial charge is 0.331 e. The van der Waals surface area contributed by atoms with Crippen molar-refractivity contribution in [3.63, 3.8) is 0 Å². The lowest BCUT2D eigenvalue weighted by Crippen LogP contribution is -2.44. The van der Waals surface area contributed by atoms with Gasteiger partial charge in [-0.3, -0.25) is 0 Å². The van der Waals surface area contributed by atoms with E-state index in [4.69, 9.17) is 10.8 Å². The molecule has 3 N–H and O–H groups in total. The zero-order valence-electron chi connectivity index (χ0n) is 9.33. The van der Waals surface area contributed by atoms with Crippen molar-refractivity contribution in [2.24, 2.45) is 11.7 Å². The zero-order chi connectivity index (χ0) is 11.5. The molecule has 1 fully saturated rings. The summed E-state index contributed by atoms with van der Waals surface area (Å²) in [7, 11) is 0. The SMILES string of the molecule is [CH2]C(N)(C=C(C)C(=O)O)C1CCCCC1. The normalized spacial score (nSPS) is 23.5. The van der Waals surface area contributed by atoms with Crippen molar-refractivity contribution in [1.29, 1.82) is 0 Å². The molecule has 85 valence electrons. The summed E-state index contributed by atoms with van der Waals surface area (Å²) in [4.78, 5) is 10.7. The van der Waals surface area contributed by atoms with Gasteiger partial charge in [0.25, 0.3) is 0 Å². The summed E-state index contributed by atoms with van der Waals surface area (Å²) in [6.45, 7) is 5.52. The number of hydrogen-bond donors (Lipinski definition) is 2. The molecule has 0 amide bonds. The molecule has 0 aromatic heterocycles. The molecule has 0 spiro atoms. The maximum atomic E-state index is 10.7. The van der Waals surface area contributed by atoms with Crippen LogP contribution in [0.2, 0.25) is 0 Å². The number of hydrogen-bond acceptors (Lipinski definition) is 2. The van der Waals surface area contributed by atoms with Crippen LogP contribution in [0.25, 0.3) is 0 Å². The van der Waals surface area contributed by atoms with Crippen molar-refractivity contribution >= 4 is 5.97 Å². The van der Waals surface area contributed by atoms with Crippen molar-refractivity contribution in [3.8, 4) is 0 Å². The number of carbonyl (C=O) groups is 1. The van der Waals surface area contributed by atoms with Crippen LogP contribution in [-0.4, -0.2) is 16.6 Å². The molecule has 0 heterocycles. The Kier molecular flexibility index (Phi) is 3.91. The number of carboxylic acid groups (broad SMARTS) is 1. The third-order valence-corrected chi connectivity index (χ3v) is 3.19. The fourth-order valence-electron chi connectivity index (χ4n) is 2.22. The highest BCUT2D eigenvalue weighted by atomic mass is 16.4. The van der Waals surface area contributed by atoms with E-state index in [1.807, 2.05) is 0 Å². The molecule has 1 radical (unpaired) electrons. The van der Waals surface area contributed by atoms with Crippen LogP contribution >= 0.6 is 0 Å². The van der Waals surface area contributed by atoms with Crippen LogP contribution in [0.15, 0.2) is 11.6 Å². The zero-order valence-corrected chi connectivity index (χ0v) is 9.33. The van der Waals surface area contributed by atoms with E-state index in [-0.39, 0.29) is 5.57 Å². The molecule has 0 aliphatic heterocycles. The van der Waals surface area contributed by atoms with Gasteiger partial charge in [0.2, 0.25) is 0 Å². The van der Waals surface area contributed by atoms with Crippen LogP contribution in [-0.2, 0) is 4.79 Å². The second-order valence-corrected chi connectivity index (χ2v) is 4.58. The molecular formula is C12H20NO2. The van der Waals surface area contributed by atoms with Gasteiger partial charge in [-0.05, 0) is 32.6 Å². The number of rotatable bonds is 3. The Bertz CT molecular complexity index is 263. The summed E-state index contributed by atoms with van der Waals surface area (Å²) < 4.78 is 0. The second kappa shape index (κ2) is 4.79. The highest BCUT2D eigenvalue weighted by Gasteiger charge is 2.29. The van der Waals surface area contributed by atoms with Crippen LogP contribution in [0, 0.1) is 12.8 Å². The molecule has 15 heavy (non-hydrogen) atoms. The van der Waals surface area contributed by atoms with Gasteiger partial charge in [-0.15, -0.1) is 0 Å². The van der Waals surface area contributed by atoms with Gasteiger partial charge in [-0.25, -0.2) is 4.79 Å². The monoisotopic (exact) mass is 210 g/mol. The third kappa shape index (κ3) is 3.34. The van der Waals surface area contributed by atoms with Crippen molar-refractivity contribution < 1.29 is 9.90 Å². The second-order valence-electron chi connectivity index (χ2n) is 4.58. The Balaban J connectivity index is 2.72. The van der Waals surface area contributed by atoms with Crippen molar-refractivity contribution in [2.75, 3.05) is 0 Å². The molecule has 0 saturated heterocycles. The molecule has 0 bridgehead atoms. The van der Waals surface area contributed by atoms with Crippen LogP contribution < -0.4 is 5.73 Å². The summed E-state index contributed by atoms with van der Waals surface area (Å²) in [5.74, 6) is -0.593. The number of nitrogens with two attached hydrogens (primary N) is 1. The van der Waals surface area contributed by atoms with Crippen molar-refractivity contribution in [1.82, 2.24) is 0 Å². The summed E-state index contributed by atoms with van der Waals surface area (Å²) >= 11 is 0. The van der Waals surface area contributed by atoms with Gasteiger partial charge in [0.1, 0.15) is 0 Å². The van der Waals surface area contributed by atoms with Gasteiger partial charge < -0.3 is 10.8 Å². The van der Waals surface area contributed by atoms with Crippen molar-refractivity contribution in [3.05, 3.63) is 18.6 Å². The van der Waals surface area contributed by atoms with E-state index in [2.05, 4.69) is 6.92 Å². The summed E-state index contributed by atoms with van der Waals surface area (Å²) in [6, 6.07) is 0. The fourth-order valence-corrected chi connectivity index (χ4v) is 2.22. The summed E-state index contributed by atoms with van der Waals surface area (Å²) in [5, 5.41) is 8.79. The average molecular weight is 210 g/mol. The molecular weight excluding hydrogens is 190 g/mol. The summed E-state index contributed by atoms with van der Waals surface area (Å²) in [6.07, 6.45) is 7.34. The van der Waals surface area contributed by atoms with Crippen LogP contribution in [0.1, 0.15) is 39.0 Å². The molecule has 1 unspecified atom stereocenters. The van der Waals surface area contributed by atoms with Crippen molar-refractivity contribution in [2.45, 2.75) is 44.6 Å². The highest BCUT2D eigenvalue weighted by Crippen LogP contribution is 2.32. The number of aliphatic carboxylic acids is 1.